The van der Waals surface area contributed by atoms with E-state index in [2.05, 4.69) is 36.3 Å². The molecule has 0 spiro atoms. The van der Waals surface area contributed by atoms with Gasteiger partial charge < -0.3 is 4.74 Å². The topological polar surface area (TPSA) is 9.23 Å². The van der Waals surface area contributed by atoms with E-state index in [0.29, 0.717) is 12.5 Å². The minimum Gasteiger partial charge on any atom is -0.489 e. The first-order valence-electron chi connectivity index (χ1n) is 7.57. The van der Waals surface area contributed by atoms with Gasteiger partial charge in [0.1, 0.15) is 12.4 Å². The van der Waals surface area contributed by atoms with Gasteiger partial charge in [0.2, 0.25) is 0 Å². The summed E-state index contributed by atoms with van der Waals surface area (Å²) in [6, 6.07) is 18.7. The average molecular weight is 276 g/mol. The molecule has 0 heterocycles. The lowest BCUT2D eigenvalue weighted by atomic mass is 9.91. The first-order valence-corrected chi connectivity index (χ1v) is 7.57. The average Bonchev–Trinajstić information content (AvgIpc) is 3.37. The number of rotatable bonds is 6. The molecule has 0 amide bonds. The van der Waals surface area contributed by atoms with Crippen LogP contribution in [-0.2, 0) is 6.61 Å². The Morgan fingerprint density at radius 2 is 1.90 bits per heavy atom. The molecule has 1 fully saturated rings. The van der Waals surface area contributed by atoms with Crippen LogP contribution in [0.3, 0.4) is 0 Å². The molecule has 0 saturated heterocycles. The van der Waals surface area contributed by atoms with Crippen LogP contribution in [0.2, 0.25) is 0 Å². The molecule has 2 aromatic rings. The van der Waals surface area contributed by atoms with Crippen LogP contribution in [-0.4, -0.2) is 0 Å². The van der Waals surface area contributed by atoms with Crippen molar-refractivity contribution >= 4 is 0 Å². The fourth-order valence-electron chi connectivity index (χ4n) is 2.76. The maximum Gasteiger partial charge on any atom is 0.120 e. The van der Waals surface area contributed by atoms with E-state index in [1.54, 1.807) is 0 Å². The van der Waals surface area contributed by atoms with Crippen molar-refractivity contribution in [3.63, 3.8) is 0 Å². The summed E-state index contributed by atoms with van der Waals surface area (Å²) in [5.74, 6) is 5.02. The molecule has 0 radical (unpaired) electrons. The molecule has 1 aliphatic carbocycles. The number of terminal acetylenes is 1. The molecule has 0 unspecified atom stereocenters. The summed E-state index contributed by atoms with van der Waals surface area (Å²) in [4.78, 5) is 0. The molecule has 0 aromatic heterocycles. The molecule has 2 aromatic carbocycles. The highest BCUT2D eigenvalue weighted by atomic mass is 16.5. The van der Waals surface area contributed by atoms with Crippen molar-refractivity contribution in [3.8, 4) is 18.1 Å². The summed E-state index contributed by atoms with van der Waals surface area (Å²) in [5.41, 5.74) is 2.51. The lowest BCUT2D eigenvalue weighted by Gasteiger charge is -2.15. The summed E-state index contributed by atoms with van der Waals surface area (Å²) in [7, 11) is 0. The molecule has 21 heavy (non-hydrogen) atoms. The smallest absolute Gasteiger partial charge is 0.120 e. The molecular weight excluding hydrogens is 256 g/mol. The predicted octanol–water partition coefficient (Wildman–Crippen LogP) is 4.78. The summed E-state index contributed by atoms with van der Waals surface area (Å²) in [5, 5.41) is 0. The van der Waals surface area contributed by atoms with Gasteiger partial charge in [-0.15, -0.1) is 12.3 Å². The molecule has 1 atom stereocenters. The molecule has 1 saturated carbocycles. The SMILES string of the molecule is C#CC[C@H](c1cccc(OCc2ccccc2)c1)C1CC1. The van der Waals surface area contributed by atoms with Gasteiger partial charge in [0.05, 0.1) is 0 Å². The van der Waals surface area contributed by atoms with E-state index < -0.39 is 0 Å². The minimum atomic E-state index is 0.496. The normalized spacial score (nSPS) is 15.2. The van der Waals surface area contributed by atoms with Crippen molar-refractivity contribution in [2.45, 2.75) is 31.8 Å². The Morgan fingerprint density at radius 3 is 2.62 bits per heavy atom. The second-order valence-corrected chi connectivity index (χ2v) is 5.70. The second kappa shape index (κ2) is 6.50. The Balaban J connectivity index is 1.69. The van der Waals surface area contributed by atoms with Crippen LogP contribution in [0.5, 0.6) is 5.75 Å². The van der Waals surface area contributed by atoms with Gasteiger partial charge in [-0.1, -0.05) is 42.5 Å². The van der Waals surface area contributed by atoms with Gasteiger partial charge in [0.15, 0.2) is 0 Å². The van der Waals surface area contributed by atoms with Crippen molar-refractivity contribution in [1.29, 1.82) is 0 Å². The zero-order valence-electron chi connectivity index (χ0n) is 12.2. The quantitative estimate of drug-likeness (QED) is 0.690. The molecule has 0 aliphatic heterocycles. The van der Waals surface area contributed by atoms with E-state index in [-0.39, 0.29) is 0 Å². The standard InChI is InChI=1S/C20H20O/c1-2-7-20(17-12-13-17)18-10-6-11-19(14-18)21-15-16-8-4-3-5-9-16/h1,3-6,8-11,14,17,20H,7,12-13,15H2/t20-/m0/s1. The minimum absolute atomic E-state index is 0.496. The molecular formula is C20H20O. The van der Waals surface area contributed by atoms with Crippen LogP contribution in [0, 0.1) is 18.3 Å². The number of benzene rings is 2. The second-order valence-electron chi connectivity index (χ2n) is 5.70. The van der Waals surface area contributed by atoms with Gasteiger partial charge in [-0.05, 0) is 47.9 Å². The fourth-order valence-corrected chi connectivity index (χ4v) is 2.76. The molecule has 3 rings (SSSR count). The van der Waals surface area contributed by atoms with Crippen LogP contribution in [0.25, 0.3) is 0 Å². The largest absolute Gasteiger partial charge is 0.489 e. The van der Waals surface area contributed by atoms with Gasteiger partial charge >= 0.3 is 0 Å². The Morgan fingerprint density at radius 1 is 1.10 bits per heavy atom. The van der Waals surface area contributed by atoms with Crippen molar-refractivity contribution in [2.24, 2.45) is 5.92 Å². The van der Waals surface area contributed by atoms with E-state index in [4.69, 9.17) is 11.2 Å². The van der Waals surface area contributed by atoms with Crippen molar-refractivity contribution in [1.82, 2.24) is 0 Å². The summed E-state index contributed by atoms with van der Waals surface area (Å²) < 4.78 is 5.91. The maximum absolute atomic E-state index is 5.91. The van der Waals surface area contributed by atoms with Gasteiger partial charge in [-0.3, -0.25) is 0 Å². The molecule has 1 heteroatoms. The number of hydrogen-bond acceptors (Lipinski definition) is 1. The fraction of sp³-hybridized carbons (Fsp3) is 0.300. The van der Waals surface area contributed by atoms with E-state index in [0.717, 1.165) is 18.1 Å². The maximum atomic E-state index is 5.91. The van der Waals surface area contributed by atoms with Crippen LogP contribution in [0.15, 0.2) is 54.6 Å². The highest BCUT2D eigenvalue weighted by molar-refractivity contribution is 5.33. The predicted molar refractivity (Wildman–Crippen MR) is 86.1 cm³/mol. The Kier molecular flexibility index (Phi) is 4.26. The highest BCUT2D eigenvalue weighted by Gasteiger charge is 2.31. The van der Waals surface area contributed by atoms with Crippen LogP contribution in [0.4, 0.5) is 0 Å². The van der Waals surface area contributed by atoms with Gasteiger partial charge in [-0.25, -0.2) is 0 Å². The lowest BCUT2D eigenvalue weighted by molar-refractivity contribution is 0.305. The third-order valence-electron chi connectivity index (χ3n) is 4.06. The van der Waals surface area contributed by atoms with Gasteiger partial charge in [0, 0.05) is 6.42 Å². The third kappa shape index (κ3) is 3.67. The Hall–Kier alpha value is -2.20. The zero-order valence-corrected chi connectivity index (χ0v) is 12.2. The van der Waals surface area contributed by atoms with Crippen LogP contribution < -0.4 is 4.74 Å². The molecule has 1 nitrogen and oxygen atoms in total. The third-order valence-corrected chi connectivity index (χ3v) is 4.06. The van der Waals surface area contributed by atoms with Crippen molar-refractivity contribution in [3.05, 3.63) is 65.7 Å². The molecule has 1 aliphatic rings. The summed E-state index contributed by atoms with van der Waals surface area (Å²) >= 11 is 0. The van der Waals surface area contributed by atoms with Crippen molar-refractivity contribution in [2.75, 3.05) is 0 Å². The number of ether oxygens (including phenoxy) is 1. The highest BCUT2D eigenvalue weighted by Crippen LogP contribution is 2.44. The molecule has 0 bridgehead atoms. The molecule has 0 N–H and O–H groups in total. The first-order chi connectivity index (χ1) is 10.4. The van der Waals surface area contributed by atoms with Gasteiger partial charge in [0.25, 0.3) is 0 Å². The van der Waals surface area contributed by atoms with E-state index >= 15 is 0 Å². The Bertz CT molecular complexity index is 620. The molecule has 106 valence electrons. The van der Waals surface area contributed by atoms with Crippen LogP contribution >= 0.6 is 0 Å². The summed E-state index contributed by atoms with van der Waals surface area (Å²) in [6.07, 6.45) is 8.96. The number of hydrogen-bond donors (Lipinski definition) is 0. The van der Waals surface area contributed by atoms with E-state index in [9.17, 15) is 0 Å². The monoisotopic (exact) mass is 276 g/mol. The zero-order chi connectivity index (χ0) is 14.5. The van der Waals surface area contributed by atoms with E-state index in [1.807, 2.05) is 24.3 Å². The summed E-state index contributed by atoms with van der Waals surface area (Å²) in [6.45, 7) is 0.605. The van der Waals surface area contributed by atoms with Gasteiger partial charge in [-0.2, -0.15) is 0 Å². The van der Waals surface area contributed by atoms with Crippen molar-refractivity contribution < 1.29 is 4.74 Å². The van der Waals surface area contributed by atoms with Crippen LogP contribution in [0.1, 0.15) is 36.3 Å². The van der Waals surface area contributed by atoms with E-state index in [1.165, 1.54) is 24.0 Å². The lowest BCUT2D eigenvalue weighted by Crippen LogP contribution is -2.01. The Labute approximate surface area is 127 Å². The first kappa shape index (κ1) is 13.8.